The summed E-state index contributed by atoms with van der Waals surface area (Å²) in [5.74, 6) is 0.0482. The molecule has 8 aromatic carbocycles. The fraction of sp³-hybridized carbons (Fsp3) is 0. The van der Waals surface area contributed by atoms with E-state index in [4.69, 9.17) is 9.47 Å². The van der Waals surface area contributed by atoms with Gasteiger partial charge in [0.15, 0.2) is 0 Å². The summed E-state index contributed by atoms with van der Waals surface area (Å²) in [6.07, 6.45) is 0. The van der Waals surface area contributed by atoms with E-state index in [-0.39, 0.29) is 0 Å². The highest BCUT2D eigenvalue weighted by Crippen LogP contribution is 2.53. The third-order valence-electron chi connectivity index (χ3n) is 10.4. The second kappa shape index (κ2) is 14.7. The van der Waals surface area contributed by atoms with Gasteiger partial charge < -0.3 is 34.9 Å². The lowest BCUT2D eigenvalue weighted by molar-refractivity contribution is 0.0725. The molecule has 0 atom stereocenters. The van der Waals surface area contributed by atoms with Gasteiger partial charge in [0, 0.05) is 11.4 Å². The molecule has 2 aliphatic heterocycles. The Morgan fingerprint density at radius 3 is 1.44 bits per heavy atom. The highest BCUT2D eigenvalue weighted by atomic mass is 16.5. The smallest absolute Gasteiger partial charge is 0.343 e. The molecule has 0 radical (unpaired) electrons. The largest absolute Gasteiger partial charge is 0.754 e. The predicted octanol–water partition coefficient (Wildman–Crippen LogP) is 12.7. The molecule has 284 valence electrons. The van der Waals surface area contributed by atoms with E-state index in [1.165, 1.54) is 0 Å². The van der Waals surface area contributed by atoms with Crippen molar-refractivity contribution >= 4 is 68.8 Å². The Labute approximate surface area is 340 Å². The molecule has 2 aliphatic rings. The van der Waals surface area contributed by atoms with E-state index < -0.39 is 11.9 Å². The molecular weight excluding hydrogens is 737 g/mol. The molecule has 0 saturated heterocycles. The maximum absolute atomic E-state index is 13.9. The molecule has 0 unspecified atom stereocenters. The average molecular weight is 770 g/mol. The van der Waals surface area contributed by atoms with Crippen LogP contribution in [0.4, 0.5) is 56.9 Å². The fourth-order valence-corrected chi connectivity index (χ4v) is 7.55. The van der Waals surface area contributed by atoms with Crippen LogP contribution in [0.5, 0.6) is 11.5 Å². The number of nitrogens with one attached hydrogen (secondary N) is 1. The third-order valence-corrected chi connectivity index (χ3v) is 10.4. The number of fused-ring (bicyclic) bond motifs is 4. The molecule has 2 heterocycles. The molecule has 0 amide bonds. The van der Waals surface area contributed by atoms with Crippen molar-refractivity contribution in [3.05, 3.63) is 210 Å². The molecule has 10 rings (SSSR count). The van der Waals surface area contributed by atoms with Crippen LogP contribution in [0.15, 0.2) is 194 Å². The van der Waals surface area contributed by atoms with Gasteiger partial charge in [-0.1, -0.05) is 72.8 Å². The van der Waals surface area contributed by atoms with Crippen LogP contribution in [0.25, 0.3) is 11.1 Å². The van der Waals surface area contributed by atoms with E-state index in [9.17, 15) is 14.8 Å². The number of carbonyl (C=O) groups excluding carboxylic acids is 2. The summed E-state index contributed by atoms with van der Waals surface area (Å²) in [7, 11) is 0. The SMILES string of the molecule is O=C(Oc1ccccc1)c1ccc(N2c3ccccc3Nc3ccc(-c4ccc5c(c4)N(c4ccc(C(=O)Oc6ccccc6)cc4)c4ccccc4N5[O-])cc32)cc1. The van der Waals surface area contributed by atoms with Gasteiger partial charge in [-0.25, -0.2) is 9.59 Å². The maximum Gasteiger partial charge on any atom is 0.343 e. The first-order chi connectivity index (χ1) is 29.0. The zero-order valence-corrected chi connectivity index (χ0v) is 31.4. The van der Waals surface area contributed by atoms with Gasteiger partial charge in [-0.2, -0.15) is 0 Å². The summed E-state index contributed by atoms with van der Waals surface area (Å²) in [4.78, 5) is 30.2. The number of rotatable bonds is 7. The fourth-order valence-electron chi connectivity index (χ4n) is 7.55. The number of hydrogen-bond acceptors (Lipinski definition) is 9. The zero-order chi connectivity index (χ0) is 39.9. The van der Waals surface area contributed by atoms with Gasteiger partial charge in [-0.15, -0.1) is 0 Å². The van der Waals surface area contributed by atoms with Crippen molar-refractivity contribution in [3.8, 4) is 22.6 Å². The molecule has 0 fully saturated rings. The van der Waals surface area contributed by atoms with Crippen molar-refractivity contribution in [1.29, 1.82) is 0 Å². The van der Waals surface area contributed by atoms with Crippen LogP contribution in [0.2, 0.25) is 0 Å². The van der Waals surface area contributed by atoms with Gasteiger partial charge in [0.2, 0.25) is 0 Å². The molecule has 59 heavy (non-hydrogen) atoms. The number of esters is 2. The molecule has 0 aliphatic carbocycles. The second-order valence-corrected chi connectivity index (χ2v) is 14.0. The molecule has 0 spiro atoms. The molecule has 0 saturated carbocycles. The lowest BCUT2D eigenvalue weighted by atomic mass is 9.98. The Hall–Kier alpha value is -8.14. The quantitative estimate of drug-likeness (QED) is 0.125. The topological polar surface area (TPSA) is 97.4 Å². The van der Waals surface area contributed by atoms with Crippen LogP contribution < -0.4 is 29.7 Å². The number of hydrogen-bond donors (Lipinski definition) is 1. The highest BCUT2D eigenvalue weighted by Gasteiger charge is 2.28. The minimum atomic E-state index is -0.463. The number of benzene rings is 8. The van der Waals surface area contributed by atoms with Crippen LogP contribution in [-0.2, 0) is 0 Å². The Morgan fingerprint density at radius 1 is 0.407 bits per heavy atom. The summed E-state index contributed by atoms with van der Waals surface area (Å²) in [6.45, 7) is 0. The molecule has 1 N–H and O–H groups in total. The third kappa shape index (κ3) is 6.57. The van der Waals surface area contributed by atoms with Crippen LogP contribution in [0.1, 0.15) is 20.7 Å². The van der Waals surface area contributed by atoms with Gasteiger partial charge >= 0.3 is 11.9 Å². The summed E-state index contributed by atoms with van der Waals surface area (Å²) >= 11 is 0. The Balaban J connectivity index is 1.01. The van der Waals surface area contributed by atoms with E-state index in [1.54, 1.807) is 54.6 Å². The van der Waals surface area contributed by atoms with Gasteiger partial charge in [0.1, 0.15) is 11.5 Å². The lowest BCUT2D eigenvalue weighted by Gasteiger charge is -2.44. The monoisotopic (exact) mass is 769 g/mol. The van der Waals surface area contributed by atoms with E-state index in [0.29, 0.717) is 45.4 Å². The number of anilines is 10. The van der Waals surface area contributed by atoms with E-state index >= 15 is 0 Å². The molecule has 0 bridgehead atoms. The minimum absolute atomic E-state index is 0.401. The van der Waals surface area contributed by atoms with Gasteiger partial charge in [0.05, 0.1) is 56.6 Å². The molecule has 0 aromatic heterocycles. The molecule has 9 nitrogen and oxygen atoms in total. The van der Waals surface area contributed by atoms with Crippen LogP contribution >= 0.6 is 0 Å². The summed E-state index contributed by atoms with van der Waals surface area (Å²) in [6, 6.07) is 60.2. The van der Waals surface area contributed by atoms with Crippen molar-refractivity contribution in [2.45, 2.75) is 0 Å². The number of para-hydroxylation sites is 6. The normalized spacial score (nSPS) is 12.3. The van der Waals surface area contributed by atoms with Gasteiger partial charge in [-0.3, -0.25) is 0 Å². The highest BCUT2D eigenvalue weighted by molar-refractivity contribution is 6.02. The first kappa shape index (κ1) is 35.3. The summed E-state index contributed by atoms with van der Waals surface area (Å²) in [5.41, 5.74) is 10.4. The Morgan fingerprint density at radius 2 is 0.847 bits per heavy atom. The summed E-state index contributed by atoms with van der Waals surface area (Å²) in [5, 5.41) is 18.5. The first-order valence-electron chi connectivity index (χ1n) is 19.0. The van der Waals surface area contributed by atoms with Crippen LogP contribution in [0.3, 0.4) is 0 Å². The van der Waals surface area contributed by atoms with Gasteiger partial charge in [0.25, 0.3) is 0 Å². The van der Waals surface area contributed by atoms with Crippen molar-refractivity contribution in [2.24, 2.45) is 0 Å². The molecule has 9 heteroatoms. The Bertz CT molecular complexity index is 2870. The second-order valence-electron chi connectivity index (χ2n) is 14.0. The molecular formula is C50H33N4O5-. The van der Waals surface area contributed by atoms with Gasteiger partial charge in [-0.05, 0) is 132 Å². The summed E-state index contributed by atoms with van der Waals surface area (Å²) < 4.78 is 11.2. The van der Waals surface area contributed by atoms with Crippen molar-refractivity contribution in [1.82, 2.24) is 0 Å². The molecule has 8 aromatic rings. The van der Waals surface area contributed by atoms with Crippen LogP contribution in [-0.4, -0.2) is 11.9 Å². The van der Waals surface area contributed by atoms with E-state index in [0.717, 1.165) is 50.3 Å². The van der Waals surface area contributed by atoms with E-state index in [2.05, 4.69) is 34.5 Å². The average Bonchev–Trinajstić information content (AvgIpc) is 3.29. The van der Waals surface area contributed by atoms with Crippen molar-refractivity contribution in [3.63, 3.8) is 0 Å². The standard InChI is InChI=1S/C50H33N4O5/c55-49(58-39-11-3-1-4-12-39)33-19-25-37(26-20-33)52-43-16-8-7-15-41(43)51-42-29-23-35(31-47(42)52)36-24-30-46-48(32-36)53(44-17-9-10-18-45(44)54(46)57)38-27-21-34(22-28-38)50(56)59-40-13-5-2-6-14-40/h1-32,51H/q-1. The minimum Gasteiger partial charge on any atom is -0.754 e. The predicted molar refractivity (Wildman–Crippen MR) is 233 cm³/mol. The van der Waals surface area contributed by atoms with Crippen LogP contribution in [0, 0.1) is 5.21 Å². The van der Waals surface area contributed by atoms with E-state index in [1.807, 2.05) is 120 Å². The maximum atomic E-state index is 13.9. The lowest BCUT2D eigenvalue weighted by Crippen LogP contribution is -2.23. The first-order valence-corrected chi connectivity index (χ1v) is 19.0. The number of nitrogens with zero attached hydrogens (tertiary/aromatic N) is 3. The van der Waals surface area contributed by atoms with Crippen molar-refractivity contribution < 1.29 is 19.1 Å². The number of carbonyl (C=O) groups is 2. The number of ether oxygens (including phenoxy) is 2. The van der Waals surface area contributed by atoms with Crippen molar-refractivity contribution in [2.75, 3.05) is 20.2 Å². The Kier molecular flexibility index (Phi) is 8.82. The zero-order valence-electron chi connectivity index (χ0n) is 31.4.